The van der Waals surface area contributed by atoms with Gasteiger partial charge < -0.3 is 10.1 Å². The van der Waals surface area contributed by atoms with Crippen molar-refractivity contribution < 1.29 is 9.53 Å². The summed E-state index contributed by atoms with van der Waals surface area (Å²) in [7, 11) is 0. The highest BCUT2D eigenvalue weighted by Crippen LogP contribution is 2.20. The summed E-state index contributed by atoms with van der Waals surface area (Å²) in [4.78, 5) is 16.7. The number of carbonyl (C=O) groups excluding carboxylic acids is 1. The maximum atomic E-state index is 12.1. The molecule has 5 heteroatoms. The van der Waals surface area contributed by atoms with Crippen LogP contribution in [0.5, 0.6) is 0 Å². The first-order valence-electron chi connectivity index (χ1n) is 8.63. The van der Waals surface area contributed by atoms with Crippen molar-refractivity contribution in [2.75, 3.05) is 44.7 Å². The van der Waals surface area contributed by atoms with Gasteiger partial charge in [0.15, 0.2) is 0 Å². The molecule has 0 saturated carbocycles. The number of amides is 1. The van der Waals surface area contributed by atoms with Gasteiger partial charge >= 0.3 is 0 Å². The van der Waals surface area contributed by atoms with E-state index in [0.717, 1.165) is 38.5 Å². The molecule has 3 rings (SSSR count). The Morgan fingerprint density at radius 3 is 2.61 bits per heavy atom. The summed E-state index contributed by atoms with van der Waals surface area (Å²) in [6.07, 6.45) is 2.60. The van der Waals surface area contributed by atoms with E-state index in [1.54, 1.807) is 0 Å². The van der Waals surface area contributed by atoms with Gasteiger partial charge in [-0.3, -0.25) is 14.6 Å². The molecule has 2 fully saturated rings. The lowest BCUT2D eigenvalue weighted by molar-refractivity contribution is -0.118. The zero-order valence-electron chi connectivity index (χ0n) is 14.0. The molecule has 1 amide bonds. The lowest BCUT2D eigenvalue weighted by Crippen LogP contribution is -2.41. The van der Waals surface area contributed by atoms with Gasteiger partial charge in [0.25, 0.3) is 0 Å². The van der Waals surface area contributed by atoms with Crippen LogP contribution >= 0.6 is 0 Å². The van der Waals surface area contributed by atoms with Gasteiger partial charge in [-0.15, -0.1) is 0 Å². The molecule has 2 aliphatic rings. The first-order valence-corrected chi connectivity index (χ1v) is 8.63. The molecule has 1 N–H and O–H groups in total. The van der Waals surface area contributed by atoms with Gasteiger partial charge in [0, 0.05) is 31.4 Å². The molecule has 1 aromatic rings. The molecule has 2 heterocycles. The Kier molecular flexibility index (Phi) is 5.65. The van der Waals surface area contributed by atoms with E-state index in [4.69, 9.17) is 4.74 Å². The Balaban J connectivity index is 1.47. The van der Waals surface area contributed by atoms with Gasteiger partial charge in [-0.2, -0.15) is 0 Å². The Bertz CT molecular complexity index is 512. The minimum Gasteiger partial charge on any atom is -0.379 e. The van der Waals surface area contributed by atoms with Crippen molar-refractivity contribution in [3.8, 4) is 0 Å². The van der Waals surface area contributed by atoms with E-state index in [2.05, 4.69) is 34.2 Å². The van der Waals surface area contributed by atoms with Crippen LogP contribution in [-0.2, 0) is 16.1 Å². The predicted octanol–water partition coefficient (Wildman–Crippen LogP) is 1.94. The molecule has 0 bridgehead atoms. The SMILES string of the molecule is C[C@@H]1CCCN1Cc1ccc(NC(=O)CN2CCOCC2)cc1. The van der Waals surface area contributed by atoms with Crippen molar-refractivity contribution in [3.05, 3.63) is 29.8 Å². The van der Waals surface area contributed by atoms with Gasteiger partial charge in [0.05, 0.1) is 19.8 Å². The smallest absolute Gasteiger partial charge is 0.238 e. The number of nitrogens with zero attached hydrogens (tertiary/aromatic N) is 2. The van der Waals surface area contributed by atoms with Crippen molar-refractivity contribution in [3.63, 3.8) is 0 Å². The minimum atomic E-state index is 0.0489. The van der Waals surface area contributed by atoms with E-state index in [9.17, 15) is 4.79 Å². The molecule has 0 unspecified atom stereocenters. The van der Waals surface area contributed by atoms with Crippen LogP contribution in [0.25, 0.3) is 0 Å². The summed E-state index contributed by atoms with van der Waals surface area (Å²) in [6.45, 7) is 8.04. The molecule has 2 saturated heterocycles. The number of anilines is 1. The lowest BCUT2D eigenvalue weighted by atomic mass is 10.2. The number of likely N-dealkylation sites (tertiary alicyclic amines) is 1. The Morgan fingerprint density at radius 1 is 1.22 bits per heavy atom. The average Bonchev–Trinajstić information content (AvgIpc) is 2.95. The minimum absolute atomic E-state index is 0.0489. The number of benzene rings is 1. The van der Waals surface area contributed by atoms with E-state index in [0.29, 0.717) is 12.6 Å². The molecule has 5 nitrogen and oxygen atoms in total. The quantitative estimate of drug-likeness (QED) is 0.901. The van der Waals surface area contributed by atoms with Gasteiger partial charge in [0.1, 0.15) is 0 Å². The first-order chi connectivity index (χ1) is 11.2. The van der Waals surface area contributed by atoms with Crippen molar-refractivity contribution in [2.24, 2.45) is 0 Å². The van der Waals surface area contributed by atoms with Crippen LogP contribution in [0.3, 0.4) is 0 Å². The molecule has 2 aliphatic heterocycles. The number of hydrogen-bond donors (Lipinski definition) is 1. The van der Waals surface area contributed by atoms with Crippen LogP contribution in [0.2, 0.25) is 0 Å². The molecule has 1 aromatic carbocycles. The van der Waals surface area contributed by atoms with E-state index in [1.807, 2.05) is 12.1 Å². The first kappa shape index (κ1) is 16.4. The molecular weight excluding hydrogens is 290 g/mol. The number of hydrogen-bond acceptors (Lipinski definition) is 4. The summed E-state index contributed by atoms with van der Waals surface area (Å²) in [5.41, 5.74) is 2.19. The number of rotatable bonds is 5. The molecule has 0 aromatic heterocycles. The highest BCUT2D eigenvalue weighted by molar-refractivity contribution is 5.92. The number of carbonyl (C=O) groups is 1. The third-order valence-electron chi connectivity index (χ3n) is 4.78. The van der Waals surface area contributed by atoms with Crippen molar-refractivity contribution in [2.45, 2.75) is 32.4 Å². The second-order valence-electron chi connectivity index (χ2n) is 6.60. The monoisotopic (exact) mass is 317 g/mol. The van der Waals surface area contributed by atoms with E-state index in [1.165, 1.54) is 24.9 Å². The average molecular weight is 317 g/mol. The Labute approximate surface area is 138 Å². The van der Waals surface area contributed by atoms with E-state index in [-0.39, 0.29) is 5.91 Å². The maximum absolute atomic E-state index is 12.1. The summed E-state index contributed by atoms with van der Waals surface area (Å²) >= 11 is 0. The van der Waals surface area contributed by atoms with Gasteiger partial charge in [-0.1, -0.05) is 12.1 Å². The lowest BCUT2D eigenvalue weighted by Gasteiger charge is -2.25. The fourth-order valence-electron chi connectivity index (χ4n) is 3.32. The van der Waals surface area contributed by atoms with Crippen LogP contribution < -0.4 is 5.32 Å². The third kappa shape index (κ3) is 4.77. The van der Waals surface area contributed by atoms with Crippen molar-refractivity contribution in [1.82, 2.24) is 9.80 Å². The fourth-order valence-corrected chi connectivity index (χ4v) is 3.32. The van der Waals surface area contributed by atoms with E-state index >= 15 is 0 Å². The number of ether oxygens (including phenoxy) is 1. The van der Waals surface area contributed by atoms with Crippen LogP contribution in [0.4, 0.5) is 5.69 Å². The Morgan fingerprint density at radius 2 is 1.96 bits per heavy atom. The standard InChI is InChI=1S/C18H27N3O2/c1-15-3-2-8-21(15)13-16-4-6-17(7-5-16)19-18(22)14-20-9-11-23-12-10-20/h4-7,15H,2-3,8-14H2,1H3,(H,19,22)/t15-/m1/s1. The van der Waals surface area contributed by atoms with Gasteiger partial charge in [0.2, 0.25) is 5.91 Å². The largest absolute Gasteiger partial charge is 0.379 e. The van der Waals surface area contributed by atoms with Crippen LogP contribution in [0.15, 0.2) is 24.3 Å². The van der Waals surface area contributed by atoms with Crippen LogP contribution in [-0.4, -0.2) is 61.1 Å². The summed E-state index contributed by atoms with van der Waals surface area (Å²) < 4.78 is 5.30. The predicted molar refractivity (Wildman–Crippen MR) is 91.4 cm³/mol. The van der Waals surface area contributed by atoms with Crippen molar-refractivity contribution >= 4 is 11.6 Å². The summed E-state index contributed by atoms with van der Waals surface area (Å²) in [5, 5.41) is 2.98. The zero-order valence-corrected chi connectivity index (χ0v) is 14.0. The second-order valence-corrected chi connectivity index (χ2v) is 6.60. The summed E-state index contributed by atoms with van der Waals surface area (Å²) in [5.74, 6) is 0.0489. The number of morpholine rings is 1. The normalized spacial score (nSPS) is 23.1. The van der Waals surface area contributed by atoms with E-state index < -0.39 is 0 Å². The van der Waals surface area contributed by atoms with Gasteiger partial charge in [-0.25, -0.2) is 0 Å². The third-order valence-corrected chi connectivity index (χ3v) is 4.78. The molecule has 1 atom stereocenters. The molecule has 0 aliphatic carbocycles. The molecular formula is C18H27N3O2. The van der Waals surface area contributed by atoms with Crippen LogP contribution in [0.1, 0.15) is 25.3 Å². The topological polar surface area (TPSA) is 44.8 Å². The second kappa shape index (κ2) is 7.90. The molecule has 0 spiro atoms. The molecule has 126 valence electrons. The maximum Gasteiger partial charge on any atom is 0.238 e. The highest BCUT2D eigenvalue weighted by Gasteiger charge is 2.20. The Hall–Kier alpha value is -1.43. The molecule has 23 heavy (non-hydrogen) atoms. The number of nitrogens with one attached hydrogen (secondary N) is 1. The molecule has 0 radical (unpaired) electrons. The highest BCUT2D eigenvalue weighted by atomic mass is 16.5. The summed E-state index contributed by atoms with van der Waals surface area (Å²) in [6, 6.07) is 8.94. The van der Waals surface area contributed by atoms with Crippen LogP contribution in [0, 0.1) is 0 Å². The van der Waals surface area contributed by atoms with Gasteiger partial charge in [-0.05, 0) is 44.0 Å². The fraction of sp³-hybridized carbons (Fsp3) is 0.611. The van der Waals surface area contributed by atoms with Crippen molar-refractivity contribution in [1.29, 1.82) is 0 Å². The zero-order chi connectivity index (χ0) is 16.1.